The molecule has 0 spiro atoms. The van der Waals surface area contributed by atoms with Crippen LogP contribution in [-0.2, 0) is 0 Å². The predicted molar refractivity (Wildman–Crippen MR) is 233 cm³/mol. The molecular weight excluding hydrogens is 701 g/mol. The van der Waals surface area contributed by atoms with Gasteiger partial charge in [-0.1, -0.05) is 133 Å². The predicted octanol–water partition coefficient (Wildman–Crippen LogP) is 12.7. The van der Waals surface area contributed by atoms with E-state index in [1.54, 1.807) is 0 Å². The second-order valence-electron chi connectivity index (χ2n) is 14.6. The number of benzene rings is 8. The first-order valence-electron chi connectivity index (χ1n) is 19.2. The number of nitrogens with one attached hydrogen (secondary N) is 1. The van der Waals surface area contributed by atoms with Gasteiger partial charge in [-0.2, -0.15) is 0 Å². The van der Waals surface area contributed by atoms with E-state index >= 15 is 0 Å². The first-order valence-corrected chi connectivity index (χ1v) is 19.2. The van der Waals surface area contributed by atoms with E-state index in [1.165, 1.54) is 10.8 Å². The minimum Gasteiger partial charge on any atom is -0.455 e. The number of nitrogens with zero attached hydrogens (tertiary/aromatic N) is 3. The molecule has 3 aromatic heterocycles. The van der Waals surface area contributed by atoms with Crippen LogP contribution in [0.1, 0.15) is 22.9 Å². The van der Waals surface area contributed by atoms with E-state index in [0.717, 1.165) is 94.3 Å². The van der Waals surface area contributed by atoms with Gasteiger partial charge in [-0.05, 0) is 65.2 Å². The highest BCUT2D eigenvalue weighted by atomic mass is 16.3. The quantitative estimate of drug-likeness (QED) is 0.192. The van der Waals surface area contributed by atoms with Crippen LogP contribution in [0.25, 0.3) is 82.5 Å². The van der Waals surface area contributed by atoms with Gasteiger partial charge in [0.1, 0.15) is 28.8 Å². The molecule has 4 heterocycles. The molecule has 0 saturated heterocycles. The first kappa shape index (κ1) is 31.6. The van der Waals surface area contributed by atoms with Crippen molar-refractivity contribution in [2.45, 2.75) is 6.17 Å². The molecule has 57 heavy (non-hydrogen) atoms. The Morgan fingerprint density at radius 2 is 1.02 bits per heavy atom. The fourth-order valence-corrected chi connectivity index (χ4v) is 8.59. The molecule has 1 N–H and O–H groups in total. The van der Waals surface area contributed by atoms with E-state index in [-0.39, 0.29) is 6.17 Å². The third-order valence-electron chi connectivity index (χ3n) is 11.3. The lowest BCUT2D eigenvalue weighted by molar-refractivity contribution is 0.663. The summed E-state index contributed by atoms with van der Waals surface area (Å²) < 4.78 is 15.9. The maximum atomic E-state index is 6.79. The Morgan fingerprint density at radius 3 is 1.70 bits per heavy atom. The summed E-state index contributed by atoms with van der Waals surface area (Å²) in [5.41, 5.74) is 11.6. The Morgan fingerprint density at radius 1 is 0.456 bits per heavy atom. The largest absolute Gasteiger partial charge is 0.455 e. The number of hydrogen-bond acceptors (Lipinski definition) is 5. The molecular formula is C51H32N4O2. The van der Waals surface area contributed by atoms with E-state index in [1.807, 2.05) is 42.5 Å². The normalized spacial score (nSPS) is 14.5. The van der Waals surface area contributed by atoms with Gasteiger partial charge >= 0.3 is 0 Å². The molecule has 1 atom stereocenters. The van der Waals surface area contributed by atoms with E-state index in [2.05, 4.69) is 149 Å². The number of fused-ring (bicyclic) bond motifs is 9. The van der Waals surface area contributed by atoms with Gasteiger partial charge < -0.3 is 18.7 Å². The van der Waals surface area contributed by atoms with Crippen LogP contribution in [0.4, 0.5) is 0 Å². The van der Waals surface area contributed by atoms with Crippen LogP contribution < -0.4 is 5.32 Å². The van der Waals surface area contributed by atoms with Gasteiger partial charge in [-0.3, -0.25) is 0 Å². The summed E-state index contributed by atoms with van der Waals surface area (Å²) >= 11 is 0. The molecule has 0 aliphatic carbocycles. The maximum absolute atomic E-state index is 6.79. The minimum absolute atomic E-state index is 0.300. The zero-order valence-electron chi connectivity index (χ0n) is 30.6. The van der Waals surface area contributed by atoms with Gasteiger partial charge in [0.2, 0.25) is 0 Å². The Balaban J connectivity index is 0.966. The van der Waals surface area contributed by atoms with Gasteiger partial charge in [0.05, 0.1) is 22.3 Å². The average molecular weight is 733 g/mol. The molecule has 0 bridgehead atoms. The van der Waals surface area contributed by atoms with Crippen molar-refractivity contribution in [3.05, 3.63) is 199 Å². The van der Waals surface area contributed by atoms with Crippen molar-refractivity contribution in [3.63, 3.8) is 0 Å². The average Bonchev–Trinajstić information content (AvgIpc) is 3.96. The molecule has 0 radical (unpaired) electrons. The van der Waals surface area contributed by atoms with Crippen molar-refractivity contribution in [2.75, 3.05) is 0 Å². The van der Waals surface area contributed by atoms with Crippen molar-refractivity contribution >= 4 is 77.4 Å². The summed E-state index contributed by atoms with van der Waals surface area (Å²) in [4.78, 5) is 10.2. The summed E-state index contributed by atoms with van der Waals surface area (Å²) in [5.74, 6) is 1.40. The summed E-state index contributed by atoms with van der Waals surface area (Å²) in [7, 11) is 0. The molecule has 8 aromatic carbocycles. The Kier molecular flexibility index (Phi) is 6.89. The second-order valence-corrected chi connectivity index (χ2v) is 14.6. The van der Waals surface area contributed by atoms with E-state index in [9.17, 15) is 0 Å². The van der Waals surface area contributed by atoms with Gasteiger partial charge in [-0.15, -0.1) is 0 Å². The summed E-state index contributed by atoms with van der Waals surface area (Å²) in [6.07, 6.45) is -0.300. The molecule has 1 unspecified atom stereocenters. The number of aromatic nitrogens is 1. The minimum atomic E-state index is -0.300. The van der Waals surface area contributed by atoms with E-state index < -0.39 is 0 Å². The summed E-state index contributed by atoms with van der Waals surface area (Å²) in [6.45, 7) is 0. The third kappa shape index (κ3) is 4.97. The van der Waals surface area contributed by atoms with Crippen LogP contribution in [0.15, 0.2) is 201 Å². The lowest BCUT2D eigenvalue weighted by atomic mass is 10.0. The van der Waals surface area contributed by atoms with Crippen LogP contribution in [0.5, 0.6) is 0 Å². The molecule has 1 aliphatic rings. The van der Waals surface area contributed by atoms with Gasteiger partial charge in [0, 0.05) is 37.9 Å². The van der Waals surface area contributed by atoms with Crippen LogP contribution >= 0.6 is 0 Å². The highest BCUT2D eigenvalue weighted by Gasteiger charge is 2.24. The van der Waals surface area contributed by atoms with Crippen molar-refractivity contribution in [1.82, 2.24) is 9.88 Å². The molecule has 1 aliphatic heterocycles. The Labute approximate surface area is 326 Å². The number of furan rings is 2. The molecule has 268 valence electrons. The monoisotopic (exact) mass is 732 g/mol. The Bertz CT molecular complexity index is 3390. The molecule has 6 nitrogen and oxygen atoms in total. The topological polar surface area (TPSA) is 68.0 Å². The van der Waals surface area contributed by atoms with Crippen molar-refractivity contribution < 1.29 is 8.83 Å². The number of amidine groups is 2. The van der Waals surface area contributed by atoms with Crippen LogP contribution in [0.3, 0.4) is 0 Å². The van der Waals surface area contributed by atoms with Crippen LogP contribution in [-0.4, -0.2) is 16.2 Å². The van der Waals surface area contributed by atoms with E-state index in [0.29, 0.717) is 5.84 Å². The summed E-state index contributed by atoms with van der Waals surface area (Å²) in [5, 5.41) is 10.2. The molecule has 6 heteroatoms. The highest BCUT2D eigenvalue weighted by molar-refractivity contribution is 6.20. The standard InChI is InChI=1S/C51H32N4O2/c1-3-13-31(14-4-1)49-52-50(32-15-5-2-6-16-32)54-51(53-49)41-21-11-19-39-37-27-25-33(29-45(37)56-47(39)41)34-26-28-38-40-20-12-24-44(48(40)57-46(38)30-34)55-42-22-9-7-17-35(42)36-18-8-10-23-43(36)55/h1-30,49H,(H,52,53,54). The molecule has 0 saturated carbocycles. The molecule has 11 aromatic rings. The highest BCUT2D eigenvalue weighted by Crippen LogP contribution is 2.40. The first-order chi connectivity index (χ1) is 28.2. The zero-order valence-corrected chi connectivity index (χ0v) is 30.6. The van der Waals surface area contributed by atoms with Gasteiger partial charge in [0.25, 0.3) is 0 Å². The summed E-state index contributed by atoms with van der Waals surface area (Å²) in [6, 6.07) is 63.2. The molecule has 0 amide bonds. The fraction of sp³-hybridized carbons (Fsp3) is 0.0196. The number of rotatable bonds is 5. The van der Waals surface area contributed by atoms with Crippen LogP contribution in [0.2, 0.25) is 0 Å². The molecule has 0 fully saturated rings. The third-order valence-corrected chi connectivity index (χ3v) is 11.3. The van der Waals surface area contributed by atoms with Crippen molar-refractivity contribution in [1.29, 1.82) is 0 Å². The smallest absolute Gasteiger partial charge is 0.163 e. The van der Waals surface area contributed by atoms with E-state index in [4.69, 9.17) is 18.8 Å². The van der Waals surface area contributed by atoms with Crippen molar-refractivity contribution in [2.24, 2.45) is 9.98 Å². The maximum Gasteiger partial charge on any atom is 0.163 e. The van der Waals surface area contributed by atoms with Crippen molar-refractivity contribution in [3.8, 4) is 16.8 Å². The second kappa shape index (κ2) is 12.4. The molecule has 12 rings (SSSR count). The fourth-order valence-electron chi connectivity index (χ4n) is 8.59. The zero-order chi connectivity index (χ0) is 37.5. The SMILES string of the molecule is c1ccc(C2=NC(c3cccc4c3oc3cc(-c5ccc6c(c5)oc5c(-n7c8ccccc8c8ccccc87)cccc56)ccc34)=NC(c3ccccc3)N2)cc1. The lowest BCUT2D eigenvalue weighted by Gasteiger charge is -2.23. The number of aliphatic imine (C=N–C) groups is 2. The number of para-hydroxylation sites is 4. The Hall–Kier alpha value is -7.70. The van der Waals surface area contributed by atoms with Crippen LogP contribution in [0, 0.1) is 0 Å². The lowest BCUT2D eigenvalue weighted by Crippen LogP contribution is -2.33. The van der Waals surface area contributed by atoms with Gasteiger partial charge in [-0.25, -0.2) is 9.98 Å². The number of hydrogen-bond donors (Lipinski definition) is 1. The van der Waals surface area contributed by atoms with Gasteiger partial charge in [0.15, 0.2) is 11.4 Å².